The molecule has 0 radical (unpaired) electrons. The summed E-state index contributed by atoms with van der Waals surface area (Å²) in [6, 6.07) is 28.2. The predicted molar refractivity (Wildman–Crippen MR) is 152 cm³/mol. The van der Waals surface area contributed by atoms with Crippen LogP contribution in [0.5, 0.6) is 0 Å². The lowest BCUT2D eigenvalue weighted by atomic mass is 9.55. The van der Waals surface area contributed by atoms with Crippen LogP contribution in [-0.4, -0.2) is 28.8 Å². The van der Waals surface area contributed by atoms with Crippen molar-refractivity contribution in [2.75, 3.05) is 10.2 Å². The molecule has 1 fully saturated rings. The van der Waals surface area contributed by atoms with Crippen LogP contribution in [-0.2, 0) is 13.9 Å². The molecule has 8 rings (SSSR count). The second-order valence-corrected chi connectivity index (χ2v) is 11.5. The number of hydrogen-bond acceptors (Lipinski definition) is 4. The SMILES string of the molecule is O=C(O)c1ccc(NC(=O)c2ccc(N3C(=O)[C@H]4C5c6ccccc6C(Br)(c6ccccc65)[C@H]4C3=O)cc2)cc1. The number of carboxylic acid groups (broad SMARTS) is 1. The molecule has 40 heavy (non-hydrogen) atoms. The zero-order valence-electron chi connectivity index (χ0n) is 20.9. The molecule has 4 aromatic rings. The van der Waals surface area contributed by atoms with Gasteiger partial charge in [-0.1, -0.05) is 64.5 Å². The van der Waals surface area contributed by atoms with Crippen LogP contribution in [0.2, 0.25) is 0 Å². The standard InChI is InChI=1S/C32H21BrN2O5/c33-32-23-7-3-1-5-21(23)25(22-6-2-4-8-24(22)32)26-27(32)30(38)35(29(26)37)20-15-11-17(12-16-20)28(36)34-19-13-9-18(10-14-19)31(39)40/h1-16,25-27H,(H,34,36)(H,39,40)/t25?,26-,27+,32?/m0/s1. The highest BCUT2D eigenvalue weighted by Crippen LogP contribution is 2.66. The van der Waals surface area contributed by atoms with Crippen molar-refractivity contribution < 1.29 is 24.3 Å². The van der Waals surface area contributed by atoms with Gasteiger partial charge < -0.3 is 10.4 Å². The minimum absolute atomic E-state index is 0.118. The van der Waals surface area contributed by atoms with Crippen LogP contribution in [0.1, 0.15) is 48.9 Å². The summed E-state index contributed by atoms with van der Waals surface area (Å²) in [5.74, 6) is -3.34. The number of nitrogens with zero attached hydrogens (tertiary/aromatic N) is 1. The highest BCUT2D eigenvalue weighted by Gasteiger charge is 2.67. The minimum Gasteiger partial charge on any atom is -0.478 e. The van der Waals surface area contributed by atoms with Crippen molar-refractivity contribution in [2.24, 2.45) is 11.8 Å². The number of halogens is 1. The lowest BCUT2D eigenvalue weighted by Crippen LogP contribution is -2.50. The number of carbonyl (C=O) groups is 4. The smallest absolute Gasteiger partial charge is 0.335 e. The first kappa shape index (κ1) is 24.5. The van der Waals surface area contributed by atoms with Crippen LogP contribution < -0.4 is 10.2 Å². The molecule has 0 saturated carbocycles. The van der Waals surface area contributed by atoms with Gasteiger partial charge >= 0.3 is 5.97 Å². The summed E-state index contributed by atoms with van der Waals surface area (Å²) in [5, 5.41) is 11.8. The van der Waals surface area contributed by atoms with E-state index in [0.29, 0.717) is 16.9 Å². The van der Waals surface area contributed by atoms with Gasteiger partial charge in [0.2, 0.25) is 11.8 Å². The molecule has 1 heterocycles. The van der Waals surface area contributed by atoms with E-state index in [1.54, 1.807) is 24.3 Å². The van der Waals surface area contributed by atoms with Gasteiger partial charge in [0.15, 0.2) is 0 Å². The van der Waals surface area contributed by atoms with Crippen LogP contribution in [0.15, 0.2) is 97.1 Å². The Bertz CT molecular complexity index is 1700. The molecule has 0 spiro atoms. The molecule has 2 atom stereocenters. The summed E-state index contributed by atoms with van der Waals surface area (Å²) in [4.78, 5) is 53.2. The minimum atomic E-state index is -1.05. The van der Waals surface area contributed by atoms with E-state index < -0.39 is 28.0 Å². The molecule has 1 aliphatic heterocycles. The Morgan fingerprint density at radius 3 is 1.88 bits per heavy atom. The summed E-state index contributed by atoms with van der Waals surface area (Å²) in [7, 11) is 0. The number of carbonyl (C=O) groups excluding carboxylic acids is 3. The number of nitrogens with one attached hydrogen (secondary N) is 1. The van der Waals surface area contributed by atoms with Crippen molar-refractivity contribution in [3.05, 3.63) is 130 Å². The number of amides is 3. The van der Waals surface area contributed by atoms with Gasteiger partial charge in [-0.05, 0) is 70.8 Å². The Hall–Kier alpha value is -4.56. The average Bonchev–Trinajstić information content (AvgIpc) is 3.24. The molecule has 2 N–H and O–H groups in total. The van der Waals surface area contributed by atoms with Crippen molar-refractivity contribution in [3.63, 3.8) is 0 Å². The maximum absolute atomic E-state index is 14.1. The Labute approximate surface area is 237 Å². The summed E-state index contributed by atoms with van der Waals surface area (Å²) in [5.41, 5.74) is 5.47. The van der Waals surface area contributed by atoms with Gasteiger partial charge in [0.1, 0.15) is 0 Å². The van der Waals surface area contributed by atoms with Gasteiger partial charge in [0.05, 0.1) is 27.4 Å². The van der Waals surface area contributed by atoms with Crippen LogP contribution in [0.4, 0.5) is 11.4 Å². The third-order valence-corrected chi connectivity index (χ3v) is 9.64. The average molecular weight is 593 g/mol. The van der Waals surface area contributed by atoms with E-state index in [-0.39, 0.29) is 23.3 Å². The molecule has 7 nitrogen and oxygen atoms in total. The quantitative estimate of drug-likeness (QED) is 0.239. The zero-order chi connectivity index (χ0) is 27.8. The molecule has 3 aliphatic carbocycles. The van der Waals surface area contributed by atoms with Crippen LogP contribution in [0.3, 0.4) is 0 Å². The molecule has 1 saturated heterocycles. The van der Waals surface area contributed by atoms with Gasteiger partial charge in [0.25, 0.3) is 5.91 Å². The Kier molecular flexibility index (Phi) is 5.34. The van der Waals surface area contributed by atoms with Gasteiger partial charge in [-0.2, -0.15) is 0 Å². The lowest BCUT2D eigenvalue weighted by molar-refractivity contribution is -0.122. The molecule has 0 unspecified atom stereocenters. The highest BCUT2D eigenvalue weighted by atomic mass is 79.9. The van der Waals surface area contributed by atoms with E-state index in [4.69, 9.17) is 5.11 Å². The van der Waals surface area contributed by atoms with Crippen LogP contribution in [0, 0.1) is 11.8 Å². The Morgan fingerprint density at radius 1 is 0.750 bits per heavy atom. The van der Waals surface area contributed by atoms with Crippen molar-refractivity contribution in [1.82, 2.24) is 0 Å². The number of benzene rings is 4. The summed E-state index contributed by atoms with van der Waals surface area (Å²) >= 11 is 3.99. The van der Waals surface area contributed by atoms with Crippen LogP contribution in [0.25, 0.3) is 0 Å². The molecule has 196 valence electrons. The fourth-order valence-corrected chi connectivity index (χ4v) is 7.80. The first-order valence-corrected chi connectivity index (χ1v) is 13.6. The maximum Gasteiger partial charge on any atom is 0.335 e. The van der Waals surface area contributed by atoms with E-state index in [1.807, 2.05) is 48.5 Å². The number of carboxylic acids is 1. The van der Waals surface area contributed by atoms with E-state index in [1.165, 1.54) is 29.2 Å². The Balaban J connectivity index is 1.20. The van der Waals surface area contributed by atoms with Crippen molar-refractivity contribution in [3.8, 4) is 0 Å². The molecule has 0 aromatic heterocycles. The number of hydrogen-bond donors (Lipinski definition) is 2. The van der Waals surface area contributed by atoms with Crippen molar-refractivity contribution >= 4 is 51.0 Å². The number of alkyl halides is 1. The first-order chi connectivity index (χ1) is 19.3. The summed E-state index contributed by atoms with van der Waals surface area (Å²) in [6.45, 7) is 0. The number of aromatic carboxylic acids is 1. The third-order valence-electron chi connectivity index (χ3n) is 8.29. The van der Waals surface area contributed by atoms with E-state index in [2.05, 4.69) is 21.2 Å². The lowest BCUT2D eigenvalue weighted by Gasteiger charge is -2.51. The molecule has 3 amide bonds. The highest BCUT2D eigenvalue weighted by molar-refractivity contribution is 9.09. The summed E-state index contributed by atoms with van der Waals surface area (Å²) in [6.07, 6.45) is 0. The van der Waals surface area contributed by atoms with Gasteiger partial charge in [-0.25, -0.2) is 9.69 Å². The molecule has 2 bridgehead atoms. The fraction of sp³-hybridized carbons (Fsp3) is 0.125. The molecular weight excluding hydrogens is 572 g/mol. The van der Waals surface area contributed by atoms with Crippen molar-refractivity contribution in [1.29, 1.82) is 0 Å². The largest absolute Gasteiger partial charge is 0.478 e. The van der Waals surface area contributed by atoms with E-state index >= 15 is 0 Å². The monoisotopic (exact) mass is 592 g/mol. The number of imide groups is 1. The normalized spacial score (nSPS) is 23.8. The van der Waals surface area contributed by atoms with Gasteiger partial charge in [-0.3, -0.25) is 14.4 Å². The Morgan fingerprint density at radius 2 is 1.30 bits per heavy atom. The molecule has 8 heteroatoms. The fourth-order valence-electron chi connectivity index (χ4n) is 6.59. The number of rotatable bonds is 4. The molecular formula is C32H21BrN2O5. The second kappa shape index (κ2) is 8.72. The van der Waals surface area contributed by atoms with Gasteiger partial charge in [0, 0.05) is 17.2 Å². The number of anilines is 2. The van der Waals surface area contributed by atoms with E-state index in [9.17, 15) is 19.2 Å². The van der Waals surface area contributed by atoms with E-state index in [0.717, 1.165) is 22.3 Å². The second-order valence-electron chi connectivity index (χ2n) is 10.3. The van der Waals surface area contributed by atoms with Crippen LogP contribution >= 0.6 is 15.9 Å². The predicted octanol–water partition coefficient (Wildman–Crippen LogP) is 5.54. The molecule has 4 aliphatic rings. The third kappa shape index (κ3) is 3.29. The summed E-state index contributed by atoms with van der Waals surface area (Å²) < 4.78 is -0.822. The maximum atomic E-state index is 14.1. The van der Waals surface area contributed by atoms with Crippen molar-refractivity contribution in [2.45, 2.75) is 10.2 Å². The molecule has 4 aromatic carbocycles. The van der Waals surface area contributed by atoms with Gasteiger partial charge in [-0.15, -0.1) is 0 Å². The zero-order valence-corrected chi connectivity index (χ0v) is 22.5. The first-order valence-electron chi connectivity index (χ1n) is 12.8. The topological polar surface area (TPSA) is 104 Å².